The molecule has 8 heteroatoms. The lowest BCUT2D eigenvalue weighted by Crippen LogP contribution is -2.51. The Balaban J connectivity index is 1.38. The highest BCUT2D eigenvalue weighted by Crippen LogP contribution is 2.13. The van der Waals surface area contributed by atoms with Crippen LogP contribution in [0, 0.1) is 5.82 Å². The summed E-state index contributed by atoms with van der Waals surface area (Å²) in [5.74, 6) is -0.984. The summed E-state index contributed by atoms with van der Waals surface area (Å²) in [6.07, 6.45) is 0.187. The predicted octanol–water partition coefficient (Wildman–Crippen LogP) is 2.34. The van der Waals surface area contributed by atoms with E-state index in [9.17, 15) is 18.8 Å². The van der Waals surface area contributed by atoms with Crippen molar-refractivity contribution in [3.05, 3.63) is 71.5 Å². The first-order valence-corrected chi connectivity index (χ1v) is 10.3. The van der Waals surface area contributed by atoms with E-state index >= 15 is 0 Å². The standard InChI is InChI=1S/C23H27FN4O3/c1-26(17-18-7-3-2-4-8-18)23(31)25-12-11-21(29)27-13-15-28(16-14-27)22(30)19-9-5-6-10-20(19)24/h2-10H,11-17H2,1H3,(H,25,31). The fraction of sp³-hybridized carbons (Fsp3) is 0.348. The molecule has 1 heterocycles. The van der Waals surface area contributed by atoms with Crippen LogP contribution in [0.3, 0.4) is 0 Å². The van der Waals surface area contributed by atoms with Crippen LogP contribution in [0.25, 0.3) is 0 Å². The fourth-order valence-corrected chi connectivity index (χ4v) is 3.46. The van der Waals surface area contributed by atoms with E-state index in [1.165, 1.54) is 12.1 Å². The molecular formula is C23H27FN4O3. The van der Waals surface area contributed by atoms with Gasteiger partial charge >= 0.3 is 6.03 Å². The van der Waals surface area contributed by atoms with Crippen LogP contribution in [0.2, 0.25) is 0 Å². The highest BCUT2D eigenvalue weighted by Gasteiger charge is 2.26. The second kappa shape index (κ2) is 10.6. The molecule has 1 fully saturated rings. The lowest BCUT2D eigenvalue weighted by molar-refractivity contribution is -0.132. The third-order valence-corrected chi connectivity index (χ3v) is 5.25. The quantitative estimate of drug-likeness (QED) is 0.771. The fourth-order valence-electron chi connectivity index (χ4n) is 3.46. The van der Waals surface area contributed by atoms with Gasteiger partial charge in [0.1, 0.15) is 5.82 Å². The molecule has 1 aliphatic rings. The zero-order valence-electron chi connectivity index (χ0n) is 17.6. The van der Waals surface area contributed by atoms with Crippen LogP contribution >= 0.6 is 0 Å². The molecule has 0 unspecified atom stereocenters. The molecular weight excluding hydrogens is 399 g/mol. The molecule has 0 aromatic heterocycles. The molecule has 4 amide bonds. The van der Waals surface area contributed by atoms with Gasteiger partial charge in [-0.25, -0.2) is 9.18 Å². The van der Waals surface area contributed by atoms with Gasteiger partial charge in [-0.2, -0.15) is 0 Å². The van der Waals surface area contributed by atoms with Crippen molar-refractivity contribution in [1.29, 1.82) is 0 Å². The summed E-state index contributed by atoms with van der Waals surface area (Å²) < 4.78 is 13.8. The summed E-state index contributed by atoms with van der Waals surface area (Å²) in [4.78, 5) is 41.9. The molecule has 3 rings (SSSR count). The van der Waals surface area contributed by atoms with Gasteiger partial charge in [0.2, 0.25) is 5.91 Å². The molecule has 0 atom stereocenters. The number of benzene rings is 2. The van der Waals surface area contributed by atoms with Crippen LogP contribution in [0.4, 0.5) is 9.18 Å². The molecule has 0 aliphatic carbocycles. The molecule has 164 valence electrons. The van der Waals surface area contributed by atoms with Crippen molar-refractivity contribution in [2.24, 2.45) is 0 Å². The van der Waals surface area contributed by atoms with Crippen LogP contribution in [-0.4, -0.2) is 72.3 Å². The minimum atomic E-state index is -0.543. The predicted molar refractivity (Wildman–Crippen MR) is 115 cm³/mol. The van der Waals surface area contributed by atoms with Gasteiger partial charge in [0.05, 0.1) is 5.56 Å². The summed E-state index contributed by atoms with van der Waals surface area (Å²) in [5.41, 5.74) is 1.07. The highest BCUT2D eigenvalue weighted by atomic mass is 19.1. The van der Waals surface area contributed by atoms with Gasteiger partial charge in [-0.1, -0.05) is 42.5 Å². The monoisotopic (exact) mass is 426 g/mol. The molecule has 1 aliphatic heterocycles. The molecule has 2 aromatic rings. The van der Waals surface area contributed by atoms with Gasteiger partial charge in [0, 0.05) is 52.7 Å². The molecule has 0 saturated carbocycles. The van der Waals surface area contributed by atoms with Gasteiger partial charge < -0.3 is 20.0 Å². The second-order valence-corrected chi connectivity index (χ2v) is 7.48. The van der Waals surface area contributed by atoms with Gasteiger partial charge in [-0.05, 0) is 17.7 Å². The Morgan fingerprint density at radius 2 is 1.55 bits per heavy atom. The summed E-state index contributed by atoms with van der Waals surface area (Å²) in [7, 11) is 1.70. The molecule has 0 spiro atoms. The number of nitrogens with zero attached hydrogens (tertiary/aromatic N) is 3. The number of nitrogens with one attached hydrogen (secondary N) is 1. The molecule has 1 saturated heterocycles. The van der Waals surface area contributed by atoms with Crippen LogP contribution in [0.5, 0.6) is 0 Å². The topological polar surface area (TPSA) is 73.0 Å². The Labute approximate surface area is 181 Å². The minimum absolute atomic E-state index is 0.0459. The van der Waals surface area contributed by atoms with Gasteiger partial charge in [0.25, 0.3) is 5.91 Å². The zero-order valence-corrected chi connectivity index (χ0v) is 17.6. The van der Waals surface area contributed by atoms with Crippen molar-refractivity contribution in [1.82, 2.24) is 20.0 Å². The molecule has 1 N–H and O–H groups in total. The first-order chi connectivity index (χ1) is 15.0. The van der Waals surface area contributed by atoms with E-state index in [-0.39, 0.29) is 36.4 Å². The number of amides is 4. The van der Waals surface area contributed by atoms with E-state index in [0.717, 1.165) is 5.56 Å². The van der Waals surface area contributed by atoms with Crippen LogP contribution in [0.15, 0.2) is 54.6 Å². The summed E-state index contributed by atoms with van der Waals surface area (Å²) in [6, 6.07) is 15.3. The van der Waals surface area contributed by atoms with Crippen LogP contribution in [0.1, 0.15) is 22.3 Å². The molecule has 2 aromatic carbocycles. The second-order valence-electron chi connectivity index (χ2n) is 7.48. The van der Waals surface area contributed by atoms with E-state index in [1.807, 2.05) is 30.3 Å². The average molecular weight is 426 g/mol. The third-order valence-electron chi connectivity index (χ3n) is 5.25. The maximum atomic E-state index is 13.8. The smallest absolute Gasteiger partial charge is 0.317 e. The Hall–Kier alpha value is -3.42. The maximum absolute atomic E-state index is 13.8. The number of hydrogen-bond acceptors (Lipinski definition) is 3. The van der Waals surface area contributed by atoms with E-state index in [2.05, 4.69) is 5.32 Å². The number of rotatable bonds is 6. The summed E-state index contributed by atoms with van der Waals surface area (Å²) in [5, 5.41) is 2.76. The maximum Gasteiger partial charge on any atom is 0.317 e. The van der Waals surface area contributed by atoms with Crippen LogP contribution in [-0.2, 0) is 11.3 Å². The zero-order chi connectivity index (χ0) is 22.2. The molecule has 0 radical (unpaired) electrons. The average Bonchev–Trinajstić information content (AvgIpc) is 2.79. The van der Waals surface area contributed by atoms with E-state index in [4.69, 9.17) is 0 Å². The Morgan fingerprint density at radius 1 is 0.935 bits per heavy atom. The van der Waals surface area contributed by atoms with Crippen molar-refractivity contribution in [2.45, 2.75) is 13.0 Å². The molecule has 0 bridgehead atoms. The van der Waals surface area contributed by atoms with Crippen molar-refractivity contribution < 1.29 is 18.8 Å². The first kappa shape index (κ1) is 22.3. The van der Waals surface area contributed by atoms with E-state index < -0.39 is 5.82 Å². The number of piperazine rings is 1. The van der Waals surface area contributed by atoms with E-state index in [0.29, 0.717) is 32.7 Å². The normalized spacial score (nSPS) is 13.6. The van der Waals surface area contributed by atoms with E-state index in [1.54, 1.807) is 33.9 Å². The number of hydrogen-bond donors (Lipinski definition) is 1. The Morgan fingerprint density at radius 3 is 2.23 bits per heavy atom. The van der Waals surface area contributed by atoms with Crippen molar-refractivity contribution in [3.8, 4) is 0 Å². The first-order valence-electron chi connectivity index (χ1n) is 10.3. The van der Waals surface area contributed by atoms with Gasteiger partial charge in [-0.3, -0.25) is 9.59 Å². The lowest BCUT2D eigenvalue weighted by atomic mass is 10.1. The van der Waals surface area contributed by atoms with Crippen molar-refractivity contribution in [3.63, 3.8) is 0 Å². The lowest BCUT2D eigenvalue weighted by Gasteiger charge is -2.35. The van der Waals surface area contributed by atoms with Crippen molar-refractivity contribution >= 4 is 17.8 Å². The highest BCUT2D eigenvalue weighted by molar-refractivity contribution is 5.94. The SMILES string of the molecule is CN(Cc1ccccc1)C(=O)NCCC(=O)N1CCN(C(=O)c2ccccc2F)CC1. The Kier molecular flexibility index (Phi) is 7.59. The number of halogens is 1. The Bertz CT molecular complexity index is 914. The number of carbonyl (C=O) groups is 3. The van der Waals surface area contributed by atoms with Crippen LogP contribution < -0.4 is 5.32 Å². The van der Waals surface area contributed by atoms with Gasteiger partial charge in [-0.15, -0.1) is 0 Å². The van der Waals surface area contributed by atoms with Gasteiger partial charge in [0.15, 0.2) is 0 Å². The summed E-state index contributed by atoms with van der Waals surface area (Å²) in [6.45, 7) is 2.21. The third kappa shape index (κ3) is 6.04. The molecule has 31 heavy (non-hydrogen) atoms. The summed E-state index contributed by atoms with van der Waals surface area (Å²) >= 11 is 0. The number of carbonyl (C=O) groups excluding carboxylic acids is 3. The minimum Gasteiger partial charge on any atom is -0.339 e. The molecule has 7 nitrogen and oxygen atoms in total. The van der Waals surface area contributed by atoms with Crippen molar-refractivity contribution in [2.75, 3.05) is 39.8 Å². The number of urea groups is 1. The largest absolute Gasteiger partial charge is 0.339 e.